The van der Waals surface area contributed by atoms with Crippen molar-refractivity contribution in [3.63, 3.8) is 0 Å². The molecule has 0 bridgehead atoms. The standard InChI is InChI=1S/C15H19N3S3/c1-20-15(14(16)19)6-8-18(9-7-15)10-13-17-11-4-2-3-5-12(11)21-13/h2-5H,6-10H2,1H3,(H2,16,19). The predicted molar refractivity (Wildman–Crippen MR) is 97.2 cm³/mol. The maximum absolute atomic E-state index is 5.94. The molecule has 2 heterocycles. The van der Waals surface area contributed by atoms with Crippen molar-refractivity contribution in [1.82, 2.24) is 9.88 Å². The number of nitrogens with zero attached hydrogens (tertiary/aromatic N) is 2. The summed E-state index contributed by atoms with van der Waals surface area (Å²) >= 11 is 8.87. The van der Waals surface area contributed by atoms with Gasteiger partial charge in [-0.3, -0.25) is 4.90 Å². The van der Waals surface area contributed by atoms with Crippen molar-refractivity contribution in [2.24, 2.45) is 5.73 Å². The zero-order valence-corrected chi connectivity index (χ0v) is 14.5. The van der Waals surface area contributed by atoms with Gasteiger partial charge in [-0.1, -0.05) is 24.4 Å². The monoisotopic (exact) mass is 337 g/mol. The van der Waals surface area contributed by atoms with Crippen LogP contribution in [0, 0.1) is 0 Å². The van der Waals surface area contributed by atoms with Gasteiger partial charge in [-0.25, -0.2) is 4.98 Å². The number of benzene rings is 1. The lowest BCUT2D eigenvalue weighted by atomic mass is 9.95. The number of hydrogen-bond donors (Lipinski definition) is 1. The van der Waals surface area contributed by atoms with E-state index in [4.69, 9.17) is 22.9 Å². The summed E-state index contributed by atoms with van der Waals surface area (Å²) < 4.78 is 1.27. The van der Waals surface area contributed by atoms with Crippen LogP contribution in [0.3, 0.4) is 0 Å². The molecule has 1 fully saturated rings. The molecular weight excluding hydrogens is 318 g/mol. The van der Waals surface area contributed by atoms with Crippen molar-refractivity contribution in [3.05, 3.63) is 29.3 Å². The van der Waals surface area contributed by atoms with E-state index in [9.17, 15) is 0 Å². The van der Waals surface area contributed by atoms with E-state index >= 15 is 0 Å². The summed E-state index contributed by atoms with van der Waals surface area (Å²) in [6.07, 6.45) is 4.19. The quantitative estimate of drug-likeness (QED) is 0.867. The van der Waals surface area contributed by atoms with E-state index in [1.807, 2.05) is 17.8 Å². The highest BCUT2D eigenvalue weighted by Crippen LogP contribution is 2.35. The molecule has 1 saturated heterocycles. The molecule has 3 nitrogen and oxygen atoms in total. The number of thiocarbonyl (C=S) groups is 1. The molecule has 21 heavy (non-hydrogen) atoms. The van der Waals surface area contributed by atoms with E-state index in [0.717, 1.165) is 38.0 Å². The lowest BCUT2D eigenvalue weighted by Crippen LogP contribution is -2.48. The third kappa shape index (κ3) is 3.08. The van der Waals surface area contributed by atoms with Crippen LogP contribution in [0.25, 0.3) is 10.2 Å². The zero-order valence-electron chi connectivity index (χ0n) is 12.0. The second kappa shape index (κ2) is 6.20. The highest BCUT2D eigenvalue weighted by atomic mass is 32.2. The van der Waals surface area contributed by atoms with Crippen molar-refractivity contribution in [2.45, 2.75) is 24.1 Å². The second-order valence-electron chi connectivity index (χ2n) is 5.41. The average Bonchev–Trinajstić information content (AvgIpc) is 2.90. The molecule has 2 N–H and O–H groups in total. The molecule has 2 aromatic rings. The van der Waals surface area contributed by atoms with E-state index in [0.29, 0.717) is 4.99 Å². The molecule has 1 aliphatic heterocycles. The van der Waals surface area contributed by atoms with E-state index in [2.05, 4.69) is 29.4 Å². The normalized spacial score (nSPS) is 18.9. The molecule has 0 spiro atoms. The number of rotatable bonds is 4. The highest BCUT2D eigenvalue weighted by molar-refractivity contribution is 8.02. The number of likely N-dealkylation sites (tertiary alicyclic amines) is 1. The average molecular weight is 338 g/mol. The molecule has 112 valence electrons. The number of thiazole rings is 1. The van der Waals surface area contributed by atoms with E-state index in [1.54, 1.807) is 11.3 Å². The van der Waals surface area contributed by atoms with Gasteiger partial charge < -0.3 is 5.73 Å². The molecule has 0 aliphatic carbocycles. The fourth-order valence-electron chi connectivity index (χ4n) is 2.80. The number of piperidine rings is 1. The predicted octanol–water partition coefficient (Wildman–Crippen LogP) is 3.28. The summed E-state index contributed by atoms with van der Waals surface area (Å²) in [5.41, 5.74) is 7.05. The first-order chi connectivity index (χ1) is 10.1. The minimum absolute atomic E-state index is 0.000570. The summed E-state index contributed by atoms with van der Waals surface area (Å²) in [6.45, 7) is 3.00. The molecule has 0 amide bonds. The summed E-state index contributed by atoms with van der Waals surface area (Å²) in [7, 11) is 0. The topological polar surface area (TPSA) is 42.1 Å². The Balaban J connectivity index is 1.66. The van der Waals surface area contributed by atoms with Gasteiger partial charge in [0.1, 0.15) is 5.01 Å². The highest BCUT2D eigenvalue weighted by Gasteiger charge is 2.36. The van der Waals surface area contributed by atoms with Gasteiger partial charge in [0.15, 0.2) is 0 Å². The van der Waals surface area contributed by atoms with Crippen molar-refractivity contribution in [3.8, 4) is 0 Å². The first kappa shape index (κ1) is 15.2. The Hall–Kier alpha value is -0.690. The SMILES string of the molecule is CSC1(C(N)=S)CCN(Cc2nc3ccccc3s2)CC1. The fourth-order valence-corrected chi connectivity index (χ4v) is 5.06. The Labute approximate surface area is 138 Å². The summed E-state index contributed by atoms with van der Waals surface area (Å²) in [6, 6.07) is 8.33. The Kier molecular flexibility index (Phi) is 4.49. The lowest BCUT2D eigenvalue weighted by molar-refractivity contribution is 0.212. The van der Waals surface area contributed by atoms with Crippen molar-refractivity contribution in [1.29, 1.82) is 0 Å². The molecule has 1 aromatic carbocycles. The first-order valence-electron chi connectivity index (χ1n) is 7.05. The van der Waals surface area contributed by atoms with Gasteiger partial charge in [0, 0.05) is 13.1 Å². The van der Waals surface area contributed by atoms with Crippen molar-refractivity contribution >= 4 is 50.5 Å². The summed E-state index contributed by atoms with van der Waals surface area (Å²) in [4.78, 5) is 7.84. The van der Waals surface area contributed by atoms with Gasteiger partial charge in [0.2, 0.25) is 0 Å². The van der Waals surface area contributed by atoms with Crippen LogP contribution < -0.4 is 5.73 Å². The Morgan fingerprint density at radius 1 is 1.43 bits per heavy atom. The first-order valence-corrected chi connectivity index (χ1v) is 9.50. The summed E-state index contributed by atoms with van der Waals surface area (Å²) in [5, 5.41) is 1.20. The number of nitrogens with two attached hydrogens (primary N) is 1. The third-order valence-electron chi connectivity index (χ3n) is 4.20. The van der Waals surface area contributed by atoms with Crippen LogP contribution in [-0.2, 0) is 6.54 Å². The molecular formula is C15H19N3S3. The van der Waals surface area contributed by atoms with E-state index in [-0.39, 0.29) is 4.75 Å². The Morgan fingerprint density at radius 2 is 2.14 bits per heavy atom. The van der Waals surface area contributed by atoms with E-state index in [1.165, 1.54) is 9.71 Å². The molecule has 6 heteroatoms. The summed E-state index contributed by atoms with van der Waals surface area (Å²) in [5.74, 6) is 0. The number of hydrogen-bond acceptors (Lipinski definition) is 5. The lowest BCUT2D eigenvalue weighted by Gasteiger charge is -2.39. The molecule has 1 aromatic heterocycles. The molecule has 3 rings (SSSR count). The van der Waals surface area contributed by atoms with Crippen molar-refractivity contribution < 1.29 is 0 Å². The zero-order chi connectivity index (χ0) is 14.9. The van der Waals surface area contributed by atoms with Crippen LogP contribution in [0.2, 0.25) is 0 Å². The number of fused-ring (bicyclic) bond motifs is 1. The number of thioether (sulfide) groups is 1. The molecule has 0 radical (unpaired) electrons. The van der Waals surface area contributed by atoms with Crippen LogP contribution in [0.4, 0.5) is 0 Å². The van der Waals surface area contributed by atoms with Crippen LogP contribution in [-0.4, -0.2) is 39.0 Å². The third-order valence-corrected chi connectivity index (χ3v) is 7.15. The van der Waals surface area contributed by atoms with E-state index < -0.39 is 0 Å². The smallest absolute Gasteiger partial charge is 0.108 e. The largest absolute Gasteiger partial charge is 0.392 e. The molecule has 1 aliphatic rings. The van der Waals surface area contributed by atoms with Gasteiger partial charge in [-0.2, -0.15) is 11.8 Å². The number of aromatic nitrogens is 1. The van der Waals surface area contributed by atoms with Gasteiger partial charge in [0.05, 0.1) is 26.5 Å². The van der Waals surface area contributed by atoms with Gasteiger partial charge >= 0.3 is 0 Å². The molecule has 0 saturated carbocycles. The Bertz CT molecular complexity index is 611. The van der Waals surface area contributed by atoms with Gasteiger partial charge in [0.25, 0.3) is 0 Å². The minimum atomic E-state index is -0.000570. The van der Waals surface area contributed by atoms with Crippen molar-refractivity contribution in [2.75, 3.05) is 19.3 Å². The molecule has 0 atom stereocenters. The maximum Gasteiger partial charge on any atom is 0.108 e. The fraction of sp³-hybridized carbons (Fsp3) is 0.467. The van der Waals surface area contributed by atoms with Gasteiger partial charge in [-0.15, -0.1) is 11.3 Å². The number of para-hydroxylation sites is 1. The van der Waals surface area contributed by atoms with Crippen LogP contribution in [0.1, 0.15) is 17.8 Å². The van der Waals surface area contributed by atoms with Crippen LogP contribution >= 0.6 is 35.3 Å². The van der Waals surface area contributed by atoms with Crippen LogP contribution in [0.15, 0.2) is 24.3 Å². The van der Waals surface area contributed by atoms with Gasteiger partial charge in [-0.05, 0) is 31.2 Å². The minimum Gasteiger partial charge on any atom is -0.392 e. The Morgan fingerprint density at radius 3 is 2.76 bits per heavy atom. The molecule has 0 unspecified atom stereocenters. The second-order valence-corrected chi connectivity index (χ2v) is 8.16. The maximum atomic E-state index is 5.94. The van der Waals surface area contributed by atoms with Crippen LogP contribution in [0.5, 0.6) is 0 Å².